The Kier molecular flexibility index (Phi) is 14.2. The van der Waals surface area contributed by atoms with E-state index in [1.165, 1.54) is 0 Å². The van der Waals surface area contributed by atoms with Crippen molar-refractivity contribution in [2.75, 3.05) is 19.8 Å². The number of ketones is 1. The van der Waals surface area contributed by atoms with E-state index in [2.05, 4.69) is 0 Å². The predicted molar refractivity (Wildman–Crippen MR) is 75.7 cm³/mol. The topological polar surface area (TPSA) is 208 Å². The summed E-state index contributed by atoms with van der Waals surface area (Å²) >= 11 is 0. The van der Waals surface area contributed by atoms with Crippen LogP contribution in [0.3, 0.4) is 0 Å². The fraction of sp³-hybridized carbons (Fsp3) is 0.833. The van der Waals surface area contributed by atoms with Gasteiger partial charge in [-0.05, 0) is 19.4 Å². The molecule has 1 unspecified atom stereocenters. The summed E-state index contributed by atoms with van der Waals surface area (Å²) in [6.07, 6.45) is -3.06. The molecule has 0 saturated carbocycles. The number of carbonyl (C=O) groups is 2. The van der Waals surface area contributed by atoms with Crippen LogP contribution in [0.15, 0.2) is 0 Å². The smallest absolute Gasteiger partial charge is 0.320 e. The van der Waals surface area contributed by atoms with Gasteiger partial charge in [0.25, 0.3) is 0 Å². The SMILES string of the molecule is NCCCCC(N)C(=O)O.O=C(CO)[C@@H](O)[C@@H](O)[C@H](O)CO. The molecule has 0 aromatic carbocycles. The van der Waals surface area contributed by atoms with Gasteiger partial charge in [-0.1, -0.05) is 6.42 Å². The van der Waals surface area contributed by atoms with E-state index >= 15 is 0 Å². The predicted octanol–water partition coefficient (Wildman–Crippen LogP) is -3.85. The fourth-order valence-corrected chi connectivity index (χ4v) is 1.23. The lowest BCUT2D eigenvalue weighted by molar-refractivity contribution is -0.142. The summed E-state index contributed by atoms with van der Waals surface area (Å²) in [5.74, 6) is -1.94. The van der Waals surface area contributed by atoms with Gasteiger partial charge in [0, 0.05) is 0 Å². The minimum Gasteiger partial charge on any atom is -0.480 e. The second kappa shape index (κ2) is 13.5. The average Bonchev–Trinajstić information content (AvgIpc) is 2.52. The van der Waals surface area contributed by atoms with Crippen molar-refractivity contribution in [1.82, 2.24) is 0 Å². The third-order valence-corrected chi connectivity index (χ3v) is 2.68. The third kappa shape index (κ3) is 10.6. The average molecular weight is 326 g/mol. The van der Waals surface area contributed by atoms with Crippen molar-refractivity contribution >= 4 is 11.8 Å². The Morgan fingerprint density at radius 1 is 1.05 bits per heavy atom. The van der Waals surface area contributed by atoms with Crippen LogP contribution in [0.2, 0.25) is 0 Å². The van der Waals surface area contributed by atoms with Gasteiger partial charge in [-0.3, -0.25) is 9.59 Å². The maximum absolute atomic E-state index is 10.5. The molecular weight excluding hydrogens is 300 g/mol. The molecule has 22 heavy (non-hydrogen) atoms. The highest BCUT2D eigenvalue weighted by Gasteiger charge is 2.28. The number of aliphatic carboxylic acids is 1. The van der Waals surface area contributed by atoms with Gasteiger partial charge in [-0.2, -0.15) is 0 Å². The molecule has 0 aromatic rings. The number of Topliss-reactive ketones (excluding diaryl/α,β-unsaturated/α-hetero) is 1. The first-order valence-corrected chi connectivity index (χ1v) is 6.69. The van der Waals surface area contributed by atoms with E-state index in [0.717, 1.165) is 12.8 Å². The van der Waals surface area contributed by atoms with Crippen molar-refractivity contribution in [2.24, 2.45) is 11.5 Å². The summed E-state index contributed by atoms with van der Waals surface area (Å²) in [5.41, 5.74) is 10.4. The first kappa shape index (κ1) is 23.1. The number of carboxylic acids is 1. The molecule has 0 rings (SSSR count). The summed E-state index contributed by atoms with van der Waals surface area (Å²) < 4.78 is 0. The van der Waals surface area contributed by atoms with Crippen LogP contribution < -0.4 is 11.5 Å². The number of hydrogen-bond donors (Lipinski definition) is 8. The van der Waals surface area contributed by atoms with E-state index in [9.17, 15) is 9.59 Å². The Morgan fingerprint density at radius 2 is 1.59 bits per heavy atom. The first-order valence-electron chi connectivity index (χ1n) is 6.69. The van der Waals surface area contributed by atoms with Crippen molar-refractivity contribution in [3.8, 4) is 0 Å². The minimum atomic E-state index is -1.86. The Balaban J connectivity index is 0. The quantitative estimate of drug-likeness (QED) is 0.183. The molecular formula is C12H26N2O8. The largest absolute Gasteiger partial charge is 0.480 e. The molecule has 0 saturated heterocycles. The summed E-state index contributed by atoms with van der Waals surface area (Å²) in [6, 6.07) is -0.716. The van der Waals surface area contributed by atoms with Crippen LogP contribution in [0.1, 0.15) is 19.3 Å². The zero-order valence-corrected chi connectivity index (χ0v) is 12.2. The summed E-state index contributed by atoms with van der Waals surface area (Å²) in [7, 11) is 0. The van der Waals surface area contributed by atoms with Crippen LogP contribution >= 0.6 is 0 Å². The molecule has 0 aliphatic rings. The van der Waals surface area contributed by atoms with Crippen molar-refractivity contribution in [3.05, 3.63) is 0 Å². The molecule has 10 nitrogen and oxygen atoms in total. The van der Waals surface area contributed by atoms with Gasteiger partial charge in [0.2, 0.25) is 0 Å². The lowest BCUT2D eigenvalue weighted by Gasteiger charge is -2.19. The molecule has 132 valence electrons. The number of unbranched alkanes of at least 4 members (excludes halogenated alkanes) is 1. The lowest BCUT2D eigenvalue weighted by atomic mass is 10.1. The maximum Gasteiger partial charge on any atom is 0.320 e. The molecule has 0 aliphatic heterocycles. The van der Waals surface area contributed by atoms with Gasteiger partial charge in [0.15, 0.2) is 5.78 Å². The van der Waals surface area contributed by atoms with Crippen LogP contribution in [0, 0.1) is 0 Å². The van der Waals surface area contributed by atoms with Gasteiger partial charge < -0.3 is 42.1 Å². The zero-order chi connectivity index (χ0) is 17.7. The Hall–Kier alpha value is -1.14. The number of nitrogens with two attached hydrogens (primary N) is 2. The molecule has 4 atom stereocenters. The van der Waals surface area contributed by atoms with E-state index in [1.54, 1.807) is 0 Å². The fourth-order valence-electron chi connectivity index (χ4n) is 1.23. The van der Waals surface area contributed by atoms with Crippen LogP contribution in [-0.4, -0.2) is 86.5 Å². The highest BCUT2D eigenvalue weighted by Crippen LogP contribution is 2.00. The zero-order valence-electron chi connectivity index (χ0n) is 12.2. The minimum absolute atomic E-state index is 0.520. The molecule has 0 aromatic heterocycles. The van der Waals surface area contributed by atoms with Crippen molar-refractivity contribution < 1.29 is 40.2 Å². The Morgan fingerprint density at radius 3 is 1.95 bits per heavy atom. The van der Waals surface area contributed by atoms with Crippen LogP contribution in [-0.2, 0) is 9.59 Å². The number of carboxylic acid groups (broad SMARTS) is 1. The number of aliphatic hydroxyl groups is 5. The van der Waals surface area contributed by atoms with Gasteiger partial charge in [-0.25, -0.2) is 0 Å². The normalized spacial score (nSPS) is 16.0. The summed E-state index contributed by atoms with van der Waals surface area (Å²) in [5, 5.41) is 51.4. The van der Waals surface area contributed by atoms with Crippen molar-refractivity contribution in [2.45, 2.75) is 43.6 Å². The number of rotatable bonds is 10. The van der Waals surface area contributed by atoms with Crippen LogP contribution in [0.4, 0.5) is 0 Å². The molecule has 0 heterocycles. The Labute approximate surface area is 128 Å². The Bertz CT molecular complexity index is 316. The van der Waals surface area contributed by atoms with E-state index in [0.29, 0.717) is 13.0 Å². The van der Waals surface area contributed by atoms with E-state index < -0.39 is 49.3 Å². The molecule has 10 heteroatoms. The monoisotopic (exact) mass is 326 g/mol. The summed E-state index contributed by atoms with van der Waals surface area (Å²) in [6.45, 7) is -1.08. The molecule has 0 aliphatic carbocycles. The van der Waals surface area contributed by atoms with Crippen molar-refractivity contribution in [3.63, 3.8) is 0 Å². The second-order valence-electron chi connectivity index (χ2n) is 4.54. The third-order valence-electron chi connectivity index (χ3n) is 2.68. The van der Waals surface area contributed by atoms with Gasteiger partial charge in [-0.15, -0.1) is 0 Å². The second-order valence-corrected chi connectivity index (χ2v) is 4.54. The molecule has 0 amide bonds. The van der Waals surface area contributed by atoms with E-state index in [4.69, 9.17) is 42.1 Å². The van der Waals surface area contributed by atoms with Gasteiger partial charge in [0.05, 0.1) is 6.61 Å². The van der Waals surface area contributed by atoms with E-state index in [-0.39, 0.29) is 0 Å². The summed E-state index contributed by atoms with van der Waals surface area (Å²) in [4.78, 5) is 20.7. The molecule has 0 bridgehead atoms. The van der Waals surface area contributed by atoms with Crippen molar-refractivity contribution in [1.29, 1.82) is 0 Å². The number of aliphatic hydroxyl groups excluding tert-OH is 5. The first-order chi connectivity index (χ1) is 10.2. The number of carbonyl (C=O) groups excluding carboxylic acids is 1. The van der Waals surface area contributed by atoms with Crippen LogP contribution in [0.25, 0.3) is 0 Å². The molecule has 0 radical (unpaired) electrons. The highest BCUT2D eigenvalue weighted by molar-refractivity contribution is 5.84. The molecule has 10 N–H and O–H groups in total. The molecule has 0 spiro atoms. The standard InChI is InChI=1S/C6H14N2O2.C6H12O6/c7-4-2-1-3-5(8)6(9)10;7-1-3(9)5(11)6(12)4(10)2-8/h5H,1-4,7-8H2,(H,9,10);3,5-9,11-12H,1-2H2/t;3-,5+,6-/m.1/s1. The highest BCUT2D eigenvalue weighted by atomic mass is 16.4. The lowest BCUT2D eigenvalue weighted by Crippen LogP contribution is -2.44. The van der Waals surface area contributed by atoms with Gasteiger partial charge >= 0.3 is 5.97 Å². The van der Waals surface area contributed by atoms with Crippen LogP contribution in [0.5, 0.6) is 0 Å². The maximum atomic E-state index is 10.5. The van der Waals surface area contributed by atoms with E-state index in [1.807, 2.05) is 0 Å². The van der Waals surface area contributed by atoms with Gasteiger partial charge in [0.1, 0.15) is 31.0 Å². The number of hydrogen-bond acceptors (Lipinski definition) is 9. The molecule has 0 fully saturated rings.